The van der Waals surface area contributed by atoms with Crippen molar-refractivity contribution in [3.05, 3.63) is 40.6 Å². The van der Waals surface area contributed by atoms with Crippen LogP contribution in [0.4, 0.5) is 74.6 Å². The van der Waals surface area contributed by atoms with E-state index in [9.17, 15) is 79.4 Å². The Morgan fingerprint density at radius 1 is 0.703 bits per heavy atom. The van der Waals surface area contributed by atoms with Crippen molar-refractivity contribution in [1.82, 2.24) is 0 Å². The number of rotatable bonds is 9. The Bertz CT molecular complexity index is 1080. The van der Waals surface area contributed by atoms with Crippen LogP contribution in [0.5, 0.6) is 5.75 Å². The molecule has 1 aromatic carbocycles. The molecule has 0 amide bonds. The Kier molecular flexibility index (Phi) is 8.10. The van der Waals surface area contributed by atoms with Crippen molar-refractivity contribution in [2.75, 3.05) is 0 Å². The molecule has 0 saturated carbocycles. The minimum Gasteiger partial charge on any atom is -0.478 e. The van der Waals surface area contributed by atoms with Gasteiger partial charge in [-0.1, -0.05) is 11.6 Å². The Hall–Kier alpha value is -2.67. The van der Waals surface area contributed by atoms with E-state index in [1.54, 1.807) is 0 Å². The van der Waals surface area contributed by atoms with E-state index >= 15 is 0 Å². The lowest BCUT2D eigenvalue weighted by Crippen LogP contribution is -2.72. The molecule has 0 atom stereocenters. The maximum Gasteiger partial charge on any atom is 0.460 e. The van der Waals surface area contributed by atoms with Gasteiger partial charge < -0.3 is 9.84 Å². The molecule has 0 aliphatic rings. The lowest BCUT2D eigenvalue weighted by atomic mass is 9.91. The molecule has 1 rings (SSSR count). The van der Waals surface area contributed by atoms with E-state index < -0.39 is 75.9 Å². The second-order valence-corrected chi connectivity index (χ2v) is 6.99. The summed E-state index contributed by atoms with van der Waals surface area (Å²) in [6.07, 6.45) is -7.82. The largest absolute Gasteiger partial charge is 0.478 e. The Labute approximate surface area is 196 Å². The maximum absolute atomic E-state index is 13.7. The highest BCUT2D eigenvalue weighted by atomic mass is 35.5. The molecular weight excluding hydrogens is 599 g/mol. The molecule has 21 heteroatoms. The lowest BCUT2D eigenvalue weighted by Gasteiger charge is -2.41. The van der Waals surface area contributed by atoms with Crippen molar-refractivity contribution in [2.24, 2.45) is 0 Å². The molecule has 0 heterocycles. The van der Waals surface area contributed by atoms with E-state index in [1.807, 2.05) is 0 Å². The molecule has 212 valence electrons. The van der Waals surface area contributed by atoms with E-state index in [2.05, 4.69) is 4.74 Å². The van der Waals surface area contributed by atoms with Gasteiger partial charge in [0.05, 0.1) is 10.6 Å². The number of carboxylic acid groups (broad SMARTS) is 1. The first kappa shape index (κ1) is 32.4. The molecule has 0 radical (unpaired) electrons. The van der Waals surface area contributed by atoms with Crippen molar-refractivity contribution in [1.29, 1.82) is 0 Å². The van der Waals surface area contributed by atoms with Crippen molar-refractivity contribution in [3.63, 3.8) is 0 Å². The number of carbonyl (C=O) groups is 1. The number of hydrogen-bond donors (Lipinski definition) is 1. The molecular formula is C16H4ClF17O3. The third kappa shape index (κ3) is 4.83. The zero-order valence-electron chi connectivity index (χ0n) is 16.3. The zero-order valence-corrected chi connectivity index (χ0v) is 17.1. The van der Waals surface area contributed by atoms with Crippen LogP contribution in [0.25, 0.3) is 0 Å². The smallest absolute Gasteiger partial charge is 0.460 e. The number of carboxylic acids is 1. The molecule has 0 saturated heterocycles. The normalized spacial score (nSPS) is 15.4. The molecule has 0 aliphatic carbocycles. The lowest BCUT2D eigenvalue weighted by molar-refractivity contribution is -0.451. The van der Waals surface area contributed by atoms with Crippen LogP contribution in [0.15, 0.2) is 30.0 Å². The summed E-state index contributed by atoms with van der Waals surface area (Å²) in [5.41, 5.74) is -0.811. The van der Waals surface area contributed by atoms with Crippen LogP contribution in [0, 0.1) is 0 Å². The van der Waals surface area contributed by atoms with Crippen LogP contribution in [-0.4, -0.2) is 52.8 Å². The molecule has 0 unspecified atom stereocenters. The van der Waals surface area contributed by atoms with Gasteiger partial charge in [-0.05, 0) is 12.1 Å². The second kappa shape index (κ2) is 9.26. The molecule has 0 bridgehead atoms. The molecule has 0 spiro atoms. The quantitative estimate of drug-likeness (QED) is 0.231. The monoisotopic (exact) mass is 602 g/mol. The number of halogens is 18. The first-order valence-corrected chi connectivity index (χ1v) is 8.60. The van der Waals surface area contributed by atoms with Gasteiger partial charge in [0.15, 0.2) is 0 Å². The average Bonchev–Trinajstić information content (AvgIpc) is 2.71. The van der Waals surface area contributed by atoms with Crippen molar-refractivity contribution < 1.29 is 89.3 Å². The molecule has 1 aromatic rings. The predicted molar refractivity (Wildman–Crippen MR) is 84.0 cm³/mol. The molecule has 0 aliphatic heterocycles. The summed E-state index contributed by atoms with van der Waals surface area (Å²) in [4.78, 5) is 10.7. The summed E-state index contributed by atoms with van der Waals surface area (Å²) in [5.74, 6) is -57.8. The molecule has 3 nitrogen and oxygen atoms in total. The highest BCUT2D eigenvalue weighted by molar-refractivity contribution is 6.33. The van der Waals surface area contributed by atoms with Crippen LogP contribution in [0.3, 0.4) is 0 Å². The number of hydrogen-bond acceptors (Lipinski definition) is 2. The van der Waals surface area contributed by atoms with Crippen LogP contribution < -0.4 is 4.74 Å². The third-order valence-electron chi connectivity index (χ3n) is 4.15. The summed E-state index contributed by atoms with van der Waals surface area (Å²) in [7, 11) is 0. The Morgan fingerprint density at radius 2 is 1.11 bits per heavy atom. The maximum atomic E-state index is 13.7. The first-order valence-electron chi connectivity index (χ1n) is 8.23. The van der Waals surface area contributed by atoms with Gasteiger partial charge >= 0.3 is 53.7 Å². The number of aromatic carboxylic acids is 1. The standard InChI is InChI=1S/C16H4ClF17O3/c17-6-3-4(1-2-5(6)9(35)36)37-8(19)7(18)10(20,21)11(22,23)12(24,25)13(26,27)14(28,29)15(30,31)16(32,33)34/h1-3H,(H,35,36). The summed E-state index contributed by atoms with van der Waals surface area (Å²) >= 11 is 5.32. The van der Waals surface area contributed by atoms with E-state index in [4.69, 9.17) is 16.7 Å². The fraction of sp³-hybridized carbons (Fsp3) is 0.438. The third-order valence-corrected chi connectivity index (χ3v) is 4.47. The SMILES string of the molecule is O=C(O)c1ccc(OC(F)=C(F)C(F)(F)C(F)(F)C(F)(F)C(F)(F)C(F)(F)C(F)(F)C(F)(F)F)cc1Cl. The number of benzene rings is 1. The average molecular weight is 603 g/mol. The van der Waals surface area contributed by atoms with Gasteiger partial charge in [0.1, 0.15) is 5.75 Å². The fourth-order valence-corrected chi connectivity index (χ4v) is 2.36. The number of alkyl halides is 15. The van der Waals surface area contributed by atoms with Gasteiger partial charge in [0.25, 0.3) is 0 Å². The van der Waals surface area contributed by atoms with E-state index in [0.29, 0.717) is 6.07 Å². The zero-order chi connectivity index (χ0) is 29.8. The van der Waals surface area contributed by atoms with Crippen molar-refractivity contribution in [2.45, 2.75) is 41.7 Å². The Morgan fingerprint density at radius 3 is 1.49 bits per heavy atom. The first-order chi connectivity index (χ1) is 16.1. The molecule has 0 aromatic heterocycles. The van der Waals surface area contributed by atoms with Gasteiger partial charge in [-0.15, -0.1) is 0 Å². The molecule has 0 fully saturated rings. The van der Waals surface area contributed by atoms with E-state index in [0.717, 1.165) is 0 Å². The molecule has 1 N–H and O–H groups in total. The van der Waals surface area contributed by atoms with Crippen molar-refractivity contribution in [3.8, 4) is 5.75 Å². The van der Waals surface area contributed by atoms with Gasteiger partial charge in [0, 0.05) is 6.07 Å². The highest BCUT2D eigenvalue weighted by Gasteiger charge is 2.93. The van der Waals surface area contributed by atoms with E-state index in [-0.39, 0.29) is 12.1 Å². The minimum absolute atomic E-state index is 0.177. The summed E-state index contributed by atoms with van der Waals surface area (Å²) in [6.45, 7) is 0. The topological polar surface area (TPSA) is 46.5 Å². The summed E-state index contributed by atoms with van der Waals surface area (Å²) in [5, 5.41) is 7.75. The van der Waals surface area contributed by atoms with E-state index in [1.165, 1.54) is 0 Å². The Balaban J connectivity index is 3.58. The van der Waals surface area contributed by atoms with Crippen LogP contribution in [-0.2, 0) is 0 Å². The number of ether oxygens (including phenoxy) is 1. The second-order valence-electron chi connectivity index (χ2n) is 6.58. The van der Waals surface area contributed by atoms with Gasteiger partial charge in [-0.2, -0.15) is 74.6 Å². The molecule has 37 heavy (non-hydrogen) atoms. The predicted octanol–water partition coefficient (Wildman–Crippen LogP) is 7.90. The van der Waals surface area contributed by atoms with Crippen LogP contribution >= 0.6 is 11.6 Å². The van der Waals surface area contributed by atoms with Crippen LogP contribution in [0.2, 0.25) is 5.02 Å². The summed E-state index contributed by atoms with van der Waals surface area (Å²) < 4.78 is 227. The van der Waals surface area contributed by atoms with Gasteiger partial charge in [-0.3, -0.25) is 0 Å². The minimum atomic E-state index is -8.69. The van der Waals surface area contributed by atoms with Gasteiger partial charge in [-0.25, -0.2) is 4.79 Å². The number of allylic oxidation sites excluding steroid dienone is 1. The van der Waals surface area contributed by atoms with Crippen molar-refractivity contribution >= 4 is 17.6 Å². The highest BCUT2D eigenvalue weighted by Crippen LogP contribution is 2.63. The van der Waals surface area contributed by atoms with Gasteiger partial charge in [0.2, 0.25) is 5.83 Å². The fourth-order valence-electron chi connectivity index (χ4n) is 2.11. The van der Waals surface area contributed by atoms with Crippen LogP contribution in [0.1, 0.15) is 10.4 Å². The summed E-state index contributed by atoms with van der Waals surface area (Å²) in [6, 6.07) is -2.84.